The summed E-state index contributed by atoms with van der Waals surface area (Å²) in [4.78, 5) is 16.6. The quantitative estimate of drug-likeness (QED) is 0.792. The highest BCUT2D eigenvalue weighted by Crippen LogP contribution is 2.22. The first kappa shape index (κ1) is 20.0. The molecule has 2 aromatic rings. The Hall–Kier alpha value is -2.74. The summed E-state index contributed by atoms with van der Waals surface area (Å²) < 4.78 is 45.3. The van der Waals surface area contributed by atoms with Crippen molar-refractivity contribution in [3.05, 3.63) is 53.8 Å². The van der Waals surface area contributed by atoms with Gasteiger partial charge in [0.2, 0.25) is 5.91 Å². The van der Waals surface area contributed by atoms with Crippen LogP contribution in [0.15, 0.2) is 36.4 Å². The second-order valence-electron chi connectivity index (χ2n) is 6.61. The Bertz CT molecular complexity index is 837. The van der Waals surface area contributed by atoms with Crippen LogP contribution in [0, 0.1) is 17.5 Å². The van der Waals surface area contributed by atoms with E-state index in [1.165, 1.54) is 0 Å². The van der Waals surface area contributed by atoms with Crippen LogP contribution in [-0.4, -0.2) is 50.1 Å². The van der Waals surface area contributed by atoms with Crippen molar-refractivity contribution in [2.75, 3.05) is 43.5 Å². The van der Waals surface area contributed by atoms with Gasteiger partial charge in [0.1, 0.15) is 5.75 Å². The second-order valence-corrected chi connectivity index (χ2v) is 6.61. The average Bonchev–Trinajstić information content (AvgIpc) is 2.73. The molecule has 0 unspecified atom stereocenters. The maximum Gasteiger partial charge on any atom is 0.241 e. The summed E-state index contributed by atoms with van der Waals surface area (Å²) in [5.41, 5.74) is 0.703. The number of anilines is 2. The van der Waals surface area contributed by atoms with Gasteiger partial charge < -0.3 is 15.0 Å². The molecular weight excluding hydrogens is 371 g/mol. The molecule has 1 aliphatic rings. The summed E-state index contributed by atoms with van der Waals surface area (Å²) in [5.74, 6) is -3.97. The predicted octanol–water partition coefficient (Wildman–Crippen LogP) is 3.26. The molecule has 8 heteroatoms. The number of benzene rings is 2. The number of nitrogens with one attached hydrogen (secondary N) is 1. The topological polar surface area (TPSA) is 44.8 Å². The van der Waals surface area contributed by atoms with Crippen molar-refractivity contribution >= 4 is 17.3 Å². The number of methoxy groups -OCH3 is 1. The van der Waals surface area contributed by atoms with Crippen molar-refractivity contribution in [1.82, 2.24) is 4.90 Å². The molecule has 1 saturated heterocycles. The Kier molecular flexibility index (Phi) is 6.08. The van der Waals surface area contributed by atoms with E-state index in [1.54, 1.807) is 14.0 Å². The van der Waals surface area contributed by atoms with Gasteiger partial charge in [-0.15, -0.1) is 0 Å². The first-order valence-corrected chi connectivity index (χ1v) is 8.98. The molecule has 3 rings (SSSR count). The number of hydrogen-bond donors (Lipinski definition) is 1. The number of nitrogens with zero attached hydrogens (tertiary/aromatic N) is 2. The third-order valence-corrected chi connectivity index (χ3v) is 4.97. The molecule has 0 saturated carbocycles. The van der Waals surface area contributed by atoms with Gasteiger partial charge in [-0.05, 0) is 43.3 Å². The lowest BCUT2D eigenvalue weighted by Crippen LogP contribution is -2.52. The number of amides is 1. The molecular formula is C20H22F3N3O2. The fraction of sp³-hybridized carbons (Fsp3) is 0.350. The summed E-state index contributed by atoms with van der Waals surface area (Å²) in [7, 11) is 1.62. The summed E-state index contributed by atoms with van der Waals surface area (Å²) in [6, 6.07) is 9.02. The lowest BCUT2D eigenvalue weighted by molar-refractivity contribution is -0.120. The largest absolute Gasteiger partial charge is 0.497 e. The van der Waals surface area contributed by atoms with Gasteiger partial charge in [-0.3, -0.25) is 9.69 Å². The number of halogens is 3. The third-order valence-electron chi connectivity index (χ3n) is 4.97. The molecule has 0 spiro atoms. The minimum absolute atomic E-state index is 0.368. The van der Waals surface area contributed by atoms with E-state index < -0.39 is 29.4 Å². The highest BCUT2D eigenvalue weighted by Gasteiger charge is 2.27. The molecule has 1 heterocycles. The first-order chi connectivity index (χ1) is 13.4. The molecule has 1 fully saturated rings. The van der Waals surface area contributed by atoms with E-state index in [0.717, 1.165) is 36.7 Å². The third kappa shape index (κ3) is 4.22. The fourth-order valence-electron chi connectivity index (χ4n) is 3.19. The number of hydrogen-bond acceptors (Lipinski definition) is 4. The average molecular weight is 393 g/mol. The van der Waals surface area contributed by atoms with Gasteiger partial charge in [0.15, 0.2) is 17.5 Å². The monoisotopic (exact) mass is 393 g/mol. The van der Waals surface area contributed by atoms with E-state index in [4.69, 9.17) is 4.74 Å². The van der Waals surface area contributed by atoms with E-state index in [9.17, 15) is 18.0 Å². The van der Waals surface area contributed by atoms with Gasteiger partial charge in [0.25, 0.3) is 0 Å². The van der Waals surface area contributed by atoms with E-state index in [-0.39, 0.29) is 5.69 Å². The van der Waals surface area contributed by atoms with Crippen molar-refractivity contribution in [1.29, 1.82) is 0 Å². The lowest BCUT2D eigenvalue weighted by atomic mass is 10.2. The van der Waals surface area contributed by atoms with Crippen molar-refractivity contribution in [3.8, 4) is 5.75 Å². The van der Waals surface area contributed by atoms with Crippen LogP contribution in [0.5, 0.6) is 5.75 Å². The second kappa shape index (κ2) is 8.52. The van der Waals surface area contributed by atoms with Crippen molar-refractivity contribution < 1.29 is 22.7 Å². The number of ether oxygens (including phenoxy) is 1. The smallest absolute Gasteiger partial charge is 0.241 e. The minimum Gasteiger partial charge on any atom is -0.497 e. The molecule has 1 amide bonds. The highest BCUT2D eigenvalue weighted by atomic mass is 19.2. The van der Waals surface area contributed by atoms with Crippen LogP contribution in [-0.2, 0) is 4.79 Å². The van der Waals surface area contributed by atoms with Gasteiger partial charge in [0, 0.05) is 31.9 Å². The molecule has 0 bridgehead atoms. The number of rotatable bonds is 5. The molecule has 1 N–H and O–H groups in total. The van der Waals surface area contributed by atoms with Gasteiger partial charge in [-0.25, -0.2) is 13.2 Å². The van der Waals surface area contributed by atoms with Crippen LogP contribution in [0.2, 0.25) is 0 Å². The first-order valence-electron chi connectivity index (χ1n) is 8.98. The maximum absolute atomic E-state index is 13.8. The van der Waals surface area contributed by atoms with Gasteiger partial charge in [-0.1, -0.05) is 0 Å². The minimum atomic E-state index is -1.60. The Morgan fingerprint density at radius 1 is 1.00 bits per heavy atom. The van der Waals surface area contributed by atoms with Gasteiger partial charge in [-0.2, -0.15) is 0 Å². The van der Waals surface area contributed by atoms with Crippen LogP contribution < -0.4 is 15.0 Å². The molecule has 2 aromatic carbocycles. The summed E-state index contributed by atoms with van der Waals surface area (Å²) >= 11 is 0. The van der Waals surface area contributed by atoms with Crippen molar-refractivity contribution in [2.45, 2.75) is 13.0 Å². The number of piperazine rings is 1. The molecule has 28 heavy (non-hydrogen) atoms. The van der Waals surface area contributed by atoms with E-state index >= 15 is 0 Å². The normalized spacial score (nSPS) is 16.0. The summed E-state index contributed by atoms with van der Waals surface area (Å²) in [5, 5.41) is 2.34. The van der Waals surface area contributed by atoms with E-state index in [0.29, 0.717) is 13.1 Å². The Labute approximate surface area is 161 Å². The summed E-state index contributed by atoms with van der Waals surface area (Å²) in [6.07, 6.45) is 0. The van der Waals surface area contributed by atoms with Crippen molar-refractivity contribution in [3.63, 3.8) is 0 Å². The SMILES string of the molecule is COc1ccc(N2CCN([C@@H](C)C(=O)Nc3ccc(F)c(F)c3F)CC2)cc1. The molecule has 5 nitrogen and oxygen atoms in total. The maximum atomic E-state index is 13.8. The molecule has 1 atom stereocenters. The fourth-order valence-corrected chi connectivity index (χ4v) is 3.19. The predicted molar refractivity (Wildman–Crippen MR) is 101 cm³/mol. The molecule has 150 valence electrons. The van der Waals surface area contributed by atoms with E-state index in [1.807, 2.05) is 29.2 Å². The molecule has 0 aromatic heterocycles. The number of carbonyl (C=O) groups is 1. The molecule has 0 aliphatic carbocycles. The zero-order chi connectivity index (χ0) is 20.3. The van der Waals surface area contributed by atoms with Crippen LogP contribution in [0.3, 0.4) is 0 Å². The van der Waals surface area contributed by atoms with E-state index in [2.05, 4.69) is 10.2 Å². The number of carbonyl (C=O) groups excluding carboxylic acids is 1. The van der Waals surface area contributed by atoms with Crippen LogP contribution in [0.25, 0.3) is 0 Å². The molecule has 0 radical (unpaired) electrons. The zero-order valence-electron chi connectivity index (χ0n) is 15.7. The lowest BCUT2D eigenvalue weighted by Gasteiger charge is -2.38. The standard InChI is InChI=1S/C20H22F3N3O2/c1-13(20(27)24-17-8-7-16(21)18(22)19(17)23)25-9-11-26(12-10-25)14-3-5-15(28-2)6-4-14/h3-8,13H,9-12H2,1-2H3,(H,24,27)/t13-/m0/s1. The molecule has 1 aliphatic heterocycles. The zero-order valence-corrected chi connectivity index (χ0v) is 15.7. The highest BCUT2D eigenvalue weighted by molar-refractivity contribution is 5.94. The Morgan fingerprint density at radius 3 is 2.25 bits per heavy atom. The van der Waals surface area contributed by atoms with Gasteiger partial charge in [0.05, 0.1) is 18.8 Å². The Morgan fingerprint density at radius 2 is 1.64 bits per heavy atom. The van der Waals surface area contributed by atoms with Gasteiger partial charge >= 0.3 is 0 Å². The van der Waals surface area contributed by atoms with Crippen molar-refractivity contribution in [2.24, 2.45) is 0 Å². The van der Waals surface area contributed by atoms with Crippen LogP contribution >= 0.6 is 0 Å². The van der Waals surface area contributed by atoms with Crippen LogP contribution in [0.1, 0.15) is 6.92 Å². The Balaban J connectivity index is 1.57. The summed E-state index contributed by atoms with van der Waals surface area (Å²) in [6.45, 7) is 4.44. The van der Waals surface area contributed by atoms with Crippen LogP contribution in [0.4, 0.5) is 24.5 Å².